The van der Waals surface area contributed by atoms with Gasteiger partial charge in [0, 0.05) is 23.5 Å². The van der Waals surface area contributed by atoms with Crippen molar-refractivity contribution in [1.29, 1.82) is 0 Å². The molecule has 0 amide bonds. The van der Waals surface area contributed by atoms with Crippen molar-refractivity contribution in [3.8, 4) is 11.8 Å². The van der Waals surface area contributed by atoms with Gasteiger partial charge in [0.1, 0.15) is 0 Å². The molecule has 1 heterocycles. The molecule has 18 heavy (non-hydrogen) atoms. The van der Waals surface area contributed by atoms with E-state index in [0.717, 1.165) is 11.1 Å². The minimum absolute atomic E-state index is 0.109. The standard InChI is InChI=1S/C17H17N/c1-17(2,3)16-11-15(12-18-13-16)10-9-14-7-5-4-6-8-14/h4-8,11-13H,1-3H3. The molecule has 2 aromatic rings. The number of hydrogen-bond donors (Lipinski definition) is 0. The van der Waals surface area contributed by atoms with Gasteiger partial charge in [0.15, 0.2) is 0 Å². The predicted molar refractivity (Wildman–Crippen MR) is 75.4 cm³/mol. The highest BCUT2D eigenvalue weighted by Gasteiger charge is 2.13. The molecule has 0 N–H and O–H groups in total. The van der Waals surface area contributed by atoms with Crippen LogP contribution in [0.1, 0.15) is 37.5 Å². The largest absolute Gasteiger partial charge is 0.263 e. The maximum atomic E-state index is 4.26. The number of aromatic nitrogens is 1. The lowest BCUT2D eigenvalue weighted by Crippen LogP contribution is -2.11. The Morgan fingerprint density at radius 1 is 0.889 bits per heavy atom. The highest BCUT2D eigenvalue weighted by Crippen LogP contribution is 2.21. The molecule has 90 valence electrons. The van der Waals surface area contributed by atoms with E-state index in [-0.39, 0.29) is 5.41 Å². The van der Waals surface area contributed by atoms with Crippen LogP contribution in [0.5, 0.6) is 0 Å². The smallest absolute Gasteiger partial charge is 0.0435 e. The molecule has 0 aliphatic heterocycles. The van der Waals surface area contributed by atoms with Crippen LogP contribution in [0.4, 0.5) is 0 Å². The minimum Gasteiger partial charge on any atom is -0.263 e. The maximum absolute atomic E-state index is 4.26. The van der Waals surface area contributed by atoms with Crippen molar-refractivity contribution in [3.05, 3.63) is 65.5 Å². The van der Waals surface area contributed by atoms with Gasteiger partial charge < -0.3 is 0 Å². The van der Waals surface area contributed by atoms with Crippen LogP contribution >= 0.6 is 0 Å². The van der Waals surface area contributed by atoms with Crippen molar-refractivity contribution in [1.82, 2.24) is 4.98 Å². The first-order valence-electron chi connectivity index (χ1n) is 6.08. The highest BCUT2D eigenvalue weighted by atomic mass is 14.6. The Morgan fingerprint density at radius 3 is 2.22 bits per heavy atom. The number of benzene rings is 1. The second-order valence-corrected chi connectivity index (χ2v) is 5.33. The Balaban J connectivity index is 2.29. The van der Waals surface area contributed by atoms with E-state index in [9.17, 15) is 0 Å². The van der Waals surface area contributed by atoms with Gasteiger partial charge in [0.2, 0.25) is 0 Å². The van der Waals surface area contributed by atoms with Gasteiger partial charge in [-0.05, 0) is 29.2 Å². The van der Waals surface area contributed by atoms with Gasteiger partial charge in [0.05, 0.1) is 0 Å². The molecule has 0 radical (unpaired) electrons. The van der Waals surface area contributed by atoms with E-state index in [4.69, 9.17) is 0 Å². The average molecular weight is 235 g/mol. The van der Waals surface area contributed by atoms with Crippen LogP contribution in [0.25, 0.3) is 0 Å². The Kier molecular flexibility index (Phi) is 3.48. The number of nitrogens with zero attached hydrogens (tertiary/aromatic N) is 1. The molecular formula is C17H17N. The summed E-state index contributed by atoms with van der Waals surface area (Å²) in [7, 11) is 0. The van der Waals surface area contributed by atoms with Gasteiger partial charge >= 0.3 is 0 Å². The Morgan fingerprint density at radius 2 is 1.56 bits per heavy atom. The van der Waals surface area contributed by atoms with Crippen molar-refractivity contribution >= 4 is 0 Å². The van der Waals surface area contributed by atoms with Gasteiger partial charge in [-0.15, -0.1) is 0 Å². The average Bonchev–Trinajstić information content (AvgIpc) is 2.37. The summed E-state index contributed by atoms with van der Waals surface area (Å²) in [5.74, 6) is 6.31. The van der Waals surface area contributed by atoms with Crippen LogP contribution in [0, 0.1) is 11.8 Å². The van der Waals surface area contributed by atoms with Crippen LogP contribution < -0.4 is 0 Å². The Labute approximate surface area is 109 Å². The zero-order valence-corrected chi connectivity index (χ0v) is 11.1. The molecule has 0 bridgehead atoms. The molecule has 0 fully saturated rings. The zero-order valence-electron chi connectivity index (χ0n) is 11.1. The zero-order chi connectivity index (χ0) is 13.0. The lowest BCUT2D eigenvalue weighted by Gasteiger charge is -2.18. The molecule has 0 atom stereocenters. The van der Waals surface area contributed by atoms with Gasteiger partial charge in [-0.3, -0.25) is 4.98 Å². The highest BCUT2D eigenvalue weighted by molar-refractivity contribution is 5.43. The van der Waals surface area contributed by atoms with Crippen LogP contribution in [0.2, 0.25) is 0 Å². The summed E-state index contributed by atoms with van der Waals surface area (Å²) < 4.78 is 0. The van der Waals surface area contributed by atoms with Crippen molar-refractivity contribution in [2.45, 2.75) is 26.2 Å². The topological polar surface area (TPSA) is 12.9 Å². The molecule has 2 rings (SSSR count). The number of pyridine rings is 1. The van der Waals surface area contributed by atoms with Crippen LogP contribution in [0.15, 0.2) is 48.8 Å². The predicted octanol–water partition coefficient (Wildman–Crippen LogP) is 3.78. The Bertz CT molecular complexity index is 580. The molecule has 1 heteroatoms. The van der Waals surface area contributed by atoms with E-state index >= 15 is 0 Å². The molecule has 0 unspecified atom stereocenters. The van der Waals surface area contributed by atoms with Gasteiger partial charge in [0.25, 0.3) is 0 Å². The SMILES string of the molecule is CC(C)(C)c1cncc(C#Cc2ccccc2)c1. The van der Waals surface area contributed by atoms with Gasteiger partial charge in [-0.2, -0.15) is 0 Å². The molecule has 0 spiro atoms. The normalized spacial score (nSPS) is 10.6. The third-order valence-electron chi connectivity index (χ3n) is 2.73. The third kappa shape index (κ3) is 3.21. The molecule has 0 saturated heterocycles. The molecule has 0 saturated carbocycles. The summed E-state index contributed by atoms with van der Waals surface area (Å²) in [6, 6.07) is 12.1. The lowest BCUT2D eigenvalue weighted by atomic mass is 9.88. The summed E-state index contributed by atoms with van der Waals surface area (Å²) in [4.78, 5) is 4.26. The second-order valence-electron chi connectivity index (χ2n) is 5.33. The first-order valence-corrected chi connectivity index (χ1v) is 6.08. The summed E-state index contributed by atoms with van der Waals surface area (Å²) in [6.45, 7) is 6.54. The van der Waals surface area contributed by atoms with Gasteiger partial charge in [-0.1, -0.05) is 50.8 Å². The first-order chi connectivity index (χ1) is 8.55. The molecule has 1 aromatic heterocycles. The van der Waals surface area contributed by atoms with E-state index in [1.54, 1.807) is 0 Å². The quantitative estimate of drug-likeness (QED) is 0.633. The molecular weight excluding hydrogens is 218 g/mol. The third-order valence-corrected chi connectivity index (χ3v) is 2.73. The summed E-state index contributed by atoms with van der Waals surface area (Å²) in [5, 5.41) is 0. The van der Waals surface area contributed by atoms with Crippen LogP contribution in [-0.2, 0) is 5.41 Å². The molecule has 0 aliphatic carbocycles. The second kappa shape index (κ2) is 5.06. The molecule has 0 aliphatic rings. The maximum Gasteiger partial charge on any atom is 0.0435 e. The van der Waals surface area contributed by atoms with Crippen LogP contribution in [-0.4, -0.2) is 4.98 Å². The van der Waals surface area contributed by atoms with E-state index in [0.29, 0.717) is 0 Å². The van der Waals surface area contributed by atoms with E-state index in [1.807, 2.05) is 42.7 Å². The monoisotopic (exact) mass is 235 g/mol. The fourth-order valence-corrected chi connectivity index (χ4v) is 1.58. The number of rotatable bonds is 0. The fraction of sp³-hybridized carbons (Fsp3) is 0.235. The summed E-state index contributed by atoms with van der Waals surface area (Å²) in [6.07, 6.45) is 3.72. The van der Waals surface area contributed by atoms with Crippen molar-refractivity contribution in [2.24, 2.45) is 0 Å². The minimum atomic E-state index is 0.109. The molecule has 1 nitrogen and oxygen atoms in total. The summed E-state index contributed by atoms with van der Waals surface area (Å²) in [5.41, 5.74) is 3.31. The van der Waals surface area contributed by atoms with Crippen LogP contribution in [0.3, 0.4) is 0 Å². The Hall–Kier alpha value is -2.07. The summed E-state index contributed by atoms with van der Waals surface area (Å²) >= 11 is 0. The van der Waals surface area contributed by atoms with Crippen molar-refractivity contribution in [3.63, 3.8) is 0 Å². The van der Waals surface area contributed by atoms with Crippen molar-refractivity contribution in [2.75, 3.05) is 0 Å². The lowest BCUT2D eigenvalue weighted by molar-refractivity contribution is 0.587. The fourth-order valence-electron chi connectivity index (χ4n) is 1.58. The first kappa shape index (κ1) is 12.4. The molecule has 1 aromatic carbocycles. The van der Waals surface area contributed by atoms with Gasteiger partial charge in [-0.25, -0.2) is 0 Å². The van der Waals surface area contributed by atoms with E-state index in [1.165, 1.54) is 5.56 Å². The van der Waals surface area contributed by atoms with E-state index < -0.39 is 0 Å². The number of hydrogen-bond acceptors (Lipinski definition) is 1. The van der Waals surface area contributed by atoms with E-state index in [2.05, 4.69) is 43.7 Å². The van der Waals surface area contributed by atoms with Crippen molar-refractivity contribution < 1.29 is 0 Å².